The van der Waals surface area contributed by atoms with Gasteiger partial charge in [-0.15, -0.1) is 0 Å². The van der Waals surface area contributed by atoms with Gasteiger partial charge in [0.1, 0.15) is 0 Å². The van der Waals surface area contributed by atoms with Crippen LogP contribution in [0.25, 0.3) is 0 Å². The highest BCUT2D eigenvalue weighted by molar-refractivity contribution is 5.70. The quantitative estimate of drug-likeness (QED) is 0.905. The summed E-state index contributed by atoms with van der Waals surface area (Å²) in [7, 11) is 0. The zero-order chi connectivity index (χ0) is 13.5. The van der Waals surface area contributed by atoms with E-state index in [0.29, 0.717) is 0 Å². The summed E-state index contributed by atoms with van der Waals surface area (Å²) in [5.74, 6) is -0.750. The zero-order valence-corrected chi connectivity index (χ0v) is 11.5. The lowest BCUT2D eigenvalue weighted by molar-refractivity contribution is -0.136. The Labute approximate surface area is 115 Å². The Bertz CT molecular complexity index is 409. The van der Waals surface area contributed by atoms with Crippen LogP contribution in [-0.2, 0) is 17.8 Å². The van der Waals surface area contributed by atoms with Crippen molar-refractivity contribution in [3.05, 3.63) is 35.4 Å². The Kier molecular flexibility index (Phi) is 5.40. The third-order valence-corrected chi connectivity index (χ3v) is 3.80. The maximum atomic E-state index is 10.9. The molecule has 0 unspecified atom stereocenters. The number of benzene rings is 1. The molecular weight excluding hydrogens is 238 g/mol. The Morgan fingerprint density at radius 1 is 1.00 bits per heavy atom. The molecule has 0 radical (unpaired) electrons. The Hall–Kier alpha value is -1.35. The lowest BCUT2D eigenvalue weighted by Crippen LogP contribution is -2.27. The first-order valence-corrected chi connectivity index (χ1v) is 7.26. The van der Waals surface area contributed by atoms with Crippen LogP contribution in [0.3, 0.4) is 0 Å². The van der Waals surface area contributed by atoms with E-state index in [0.717, 1.165) is 25.2 Å². The van der Waals surface area contributed by atoms with Gasteiger partial charge in [0.25, 0.3) is 0 Å². The van der Waals surface area contributed by atoms with Crippen molar-refractivity contribution in [3.63, 3.8) is 0 Å². The number of carboxylic acid groups (broad SMARTS) is 1. The highest BCUT2D eigenvalue weighted by atomic mass is 16.4. The largest absolute Gasteiger partial charge is 0.481 e. The van der Waals surface area contributed by atoms with Crippen molar-refractivity contribution in [2.45, 2.75) is 45.1 Å². The van der Waals surface area contributed by atoms with Crippen molar-refractivity contribution in [1.29, 1.82) is 0 Å². The highest BCUT2D eigenvalue weighted by Crippen LogP contribution is 2.16. The van der Waals surface area contributed by atoms with Gasteiger partial charge in [0.15, 0.2) is 0 Å². The van der Waals surface area contributed by atoms with Crippen molar-refractivity contribution in [2.75, 3.05) is 13.1 Å². The molecule has 3 nitrogen and oxygen atoms in total. The molecule has 0 saturated carbocycles. The Morgan fingerprint density at radius 2 is 1.58 bits per heavy atom. The van der Waals surface area contributed by atoms with Crippen molar-refractivity contribution < 1.29 is 9.90 Å². The van der Waals surface area contributed by atoms with Crippen molar-refractivity contribution in [3.8, 4) is 0 Å². The molecule has 1 N–H and O–H groups in total. The molecule has 0 amide bonds. The molecule has 1 fully saturated rings. The molecule has 3 heteroatoms. The van der Waals surface area contributed by atoms with E-state index in [1.807, 2.05) is 18.2 Å². The fourth-order valence-corrected chi connectivity index (χ4v) is 2.76. The molecule has 1 aliphatic heterocycles. The summed E-state index contributed by atoms with van der Waals surface area (Å²) in [5, 5.41) is 8.97. The van der Waals surface area contributed by atoms with E-state index in [1.165, 1.54) is 37.7 Å². The molecular formula is C16H23NO2. The van der Waals surface area contributed by atoms with Crippen LogP contribution >= 0.6 is 0 Å². The third-order valence-electron chi connectivity index (χ3n) is 3.80. The number of rotatable bonds is 4. The number of hydrogen-bond donors (Lipinski definition) is 1. The van der Waals surface area contributed by atoms with Crippen LogP contribution in [0.1, 0.15) is 43.2 Å². The molecule has 1 heterocycles. The van der Waals surface area contributed by atoms with Gasteiger partial charge in [-0.25, -0.2) is 0 Å². The summed E-state index contributed by atoms with van der Waals surface area (Å²) >= 11 is 0. The van der Waals surface area contributed by atoms with E-state index in [4.69, 9.17) is 5.11 Å². The molecule has 0 atom stereocenters. The molecule has 2 rings (SSSR count). The van der Waals surface area contributed by atoms with E-state index in [2.05, 4.69) is 11.0 Å². The molecule has 0 spiro atoms. The maximum Gasteiger partial charge on any atom is 0.307 e. The van der Waals surface area contributed by atoms with Gasteiger partial charge >= 0.3 is 5.97 Å². The summed E-state index contributed by atoms with van der Waals surface area (Å²) in [6, 6.07) is 7.94. The van der Waals surface area contributed by atoms with Gasteiger partial charge in [-0.2, -0.15) is 0 Å². The molecule has 1 aromatic rings. The molecule has 0 aromatic heterocycles. The topological polar surface area (TPSA) is 40.5 Å². The van der Waals surface area contributed by atoms with Crippen molar-refractivity contribution in [1.82, 2.24) is 4.90 Å². The van der Waals surface area contributed by atoms with Crippen LogP contribution in [0.15, 0.2) is 24.3 Å². The smallest absolute Gasteiger partial charge is 0.307 e. The molecule has 0 bridgehead atoms. The van der Waals surface area contributed by atoms with Crippen LogP contribution in [0.2, 0.25) is 0 Å². The SMILES string of the molecule is O=C(O)Cc1ccccc1CN1CCCCCCC1. The zero-order valence-electron chi connectivity index (χ0n) is 11.5. The van der Waals surface area contributed by atoms with Gasteiger partial charge in [0.2, 0.25) is 0 Å². The monoisotopic (exact) mass is 261 g/mol. The van der Waals surface area contributed by atoms with Crippen LogP contribution < -0.4 is 0 Å². The maximum absolute atomic E-state index is 10.9. The van der Waals surface area contributed by atoms with E-state index < -0.39 is 5.97 Å². The highest BCUT2D eigenvalue weighted by Gasteiger charge is 2.12. The molecule has 104 valence electrons. The molecule has 1 aromatic carbocycles. The van der Waals surface area contributed by atoms with Crippen LogP contribution in [-0.4, -0.2) is 29.1 Å². The second-order valence-electron chi connectivity index (χ2n) is 5.38. The average molecular weight is 261 g/mol. The number of carboxylic acids is 1. The molecule has 1 saturated heterocycles. The minimum absolute atomic E-state index is 0.129. The molecule has 1 aliphatic rings. The average Bonchev–Trinajstić information content (AvgIpc) is 2.34. The lowest BCUT2D eigenvalue weighted by Gasteiger charge is -2.25. The van der Waals surface area contributed by atoms with E-state index in [9.17, 15) is 4.79 Å². The third kappa shape index (κ3) is 4.67. The van der Waals surface area contributed by atoms with Gasteiger partial charge in [-0.05, 0) is 37.1 Å². The minimum atomic E-state index is -0.750. The standard InChI is InChI=1S/C16H23NO2/c18-16(19)12-14-8-4-5-9-15(14)13-17-10-6-2-1-3-7-11-17/h4-5,8-9H,1-3,6-7,10-13H2,(H,18,19). The Balaban J connectivity index is 2.02. The van der Waals surface area contributed by atoms with Gasteiger partial charge in [0.05, 0.1) is 6.42 Å². The normalized spacial score (nSPS) is 17.7. The lowest BCUT2D eigenvalue weighted by atomic mass is 10.0. The first-order valence-electron chi connectivity index (χ1n) is 7.26. The van der Waals surface area contributed by atoms with E-state index in [1.54, 1.807) is 0 Å². The number of hydrogen-bond acceptors (Lipinski definition) is 2. The van der Waals surface area contributed by atoms with E-state index >= 15 is 0 Å². The Morgan fingerprint density at radius 3 is 2.21 bits per heavy atom. The van der Waals surface area contributed by atoms with Gasteiger partial charge in [0, 0.05) is 6.54 Å². The van der Waals surface area contributed by atoms with Gasteiger partial charge in [-0.1, -0.05) is 43.5 Å². The molecule has 19 heavy (non-hydrogen) atoms. The van der Waals surface area contributed by atoms with Gasteiger partial charge < -0.3 is 5.11 Å². The first-order chi connectivity index (χ1) is 9.25. The van der Waals surface area contributed by atoms with Crippen molar-refractivity contribution >= 4 is 5.97 Å². The first kappa shape index (κ1) is 14.1. The van der Waals surface area contributed by atoms with Gasteiger partial charge in [-0.3, -0.25) is 9.69 Å². The van der Waals surface area contributed by atoms with Crippen LogP contribution in [0.4, 0.5) is 0 Å². The second-order valence-corrected chi connectivity index (χ2v) is 5.38. The predicted octanol–water partition coefficient (Wildman–Crippen LogP) is 3.08. The minimum Gasteiger partial charge on any atom is -0.481 e. The fourth-order valence-electron chi connectivity index (χ4n) is 2.76. The van der Waals surface area contributed by atoms with E-state index in [-0.39, 0.29) is 6.42 Å². The second kappa shape index (κ2) is 7.29. The fraction of sp³-hybridized carbons (Fsp3) is 0.562. The summed E-state index contributed by atoms with van der Waals surface area (Å²) in [6.45, 7) is 3.17. The summed E-state index contributed by atoms with van der Waals surface area (Å²) < 4.78 is 0. The predicted molar refractivity (Wildman–Crippen MR) is 76.1 cm³/mol. The van der Waals surface area contributed by atoms with Crippen molar-refractivity contribution in [2.24, 2.45) is 0 Å². The number of aliphatic carboxylic acids is 1. The molecule has 0 aliphatic carbocycles. The number of carbonyl (C=O) groups is 1. The summed E-state index contributed by atoms with van der Waals surface area (Å²) in [5.41, 5.74) is 2.13. The number of likely N-dealkylation sites (tertiary alicyclic amines) is 1. The van der Waals surface area contributed by atoms with Crippen LogP contribution in [0, 0.1) is 0 Å². The summed E-state index contributed by atoms with van der Waals surface area (Å²) in [6.07, 6.45) is 6.68. The van der Waals surface area contributed by atoms with Crippen LogP contribution in [0.5, 0.6) is 0 Å². The summed E-state index contributed by atoms with van der Waals surface area (Å²) in [4.78, 5) is 13.4. The number of nitrogens with zero attached hydrogens (tertiary/aromatic N) is 1.